The zero-order chi connectivity index (χ0) is 30.0. The quantitative estimate of drug-likeness (QED) is 0.307. The average Bonchev–Trinajstić information content (AvgIpc) is 2.81. The fraction of sp³-hybridized carbons (Fsp3) is 0.857. The monoisotopic (exact) mass is 557 g/mol. The minimum atomic E-state index is -0.703. The molecule has 11 nitrogen and oxygen atoms in total. The van der Waals surface area contributed by atoms with E-state index in [9.17, 15) is 19.2 Å². The summed E-state index contributed by atoms with van der Waals surface area (Å²) in [6, 6.07) is -0.701. The fourth-order valence-corrected chi connectivity index (χ4v) is 4.07. The molecule has 226 valence electrons. The van der Waals surface area contributed by atoms with Crippen molar-refractivity contribution in [3.63, 3.8) is 0 Å². The van der Waals surface area contributed by atoms with Crippen LogP contribution in [0.3, 0.4) is 0 Å². The predicted molar refractivity (Wildman–Crippen MR) is 147 cm³/mol. The smallest absolute Gasteiger partial charge is 0.323 e. The van der Waals surface area contributed by atoms with Crippen LogP contribution in [0, 0.1) is 0 Å². The highest BCUT2D eigenvalue weighted by Crippen LogP contribution is 2.17. The van der Waals surface area contributed by atoms with E-state index in [0.29, 0.717) is 39.3 Å². The summed E-state index contributed by atoms with van der Waals surface area (Å²) in [4.78, 5) is 56.4. The van der Waals surface area contributed by atoms with Gasteiger partial charge in [-0.15, -0.1) is 0 Å². The van der Waals surface area contributed by atoms with Crippen LogP contribution in [0.2, 0.25) is 0 Å². The molecule has 1 rings (SSSR count). The van der Waals surface area contributed by atoms with Gasteiger partial charge in [-0.05, 0) is 68.7 Å². The lowest BCUT2D eigenvalue weighted by Crippen LogP contribution is -2.49. The van der Waals surface area contributed by atoms with Crippen molar-refractivity contribution < 1.29 is 38.1 Å². The lowest BCUT2D eigenvalue weighted by atomic mass is 10.1. The van der Waals surface area contributed by atoms with Gasteiger partial charge in [0.2, 0.25) is 0 Å². The molecule has 0 aromatic carbocycles. The van der Waals surface area contributed by atoms with E-state index >= 15 is 0 Å². The minimum Gasteiger partial charge on any atom is -0.469 e. The lowest BCUT2D eigenvalue weighted by Gasteiger charge is -2.33. The Morgan fingerprint density at radius 3 is 1.36 bits per heavy atom. The highest BCUT2D eigenvalue weighted by Gasteiger charge is 2.33. The van der Waals surface area contributed by atoms with Crippen LogP contribution in [-0.2, 0) is 38.1 Å². The normalized spacial score (nSPS) is 17.8. The van der Waals surface area contributed by atoms with Crippen molar-refractivity contribution in [3.8, 4) is 0 Å². The molecule has 0 radical (unpaired) electrons. The number of nitrogens with zero attached hydrogens (tertiary/aromatic N) is 3. The molecule has 1 unspecified atom stereocenters. The highest BCUT2D eigenvalue weighted by atomic mass is 16.6. The Morgan fingerprint density at radius 1 is 0.615 bits per heavy atom. The topological polar surface area (TPSA) is 115 Å². The zero-order valence-corrected chi connectivity index (χ0v) is 25.8. The molecule has 0 spiro atoms. The van der Waals surface area contributed by atoms with Crippen LogP contribution in [-0.4, -0.2) is 121 Å². The molecule has 11 heteroatoms. The van der Waals surface area contributed by atoms with E-state index in [1.807, 2.05) is 56.2 Å². The lowest BCUT2D eigenvalue weighted by molar-refractivity contribution is -0.163. The van der Waals surface area contributed by atoms with Crippen molar-refractivity contribution in [1.82, 2.24) is 14.7 Å². The third-order valence-corrected chi connectivity index (χ3v) is 5.65. The van der Waals surface area contributed by atoms with Crippen molar-refractivity contribution in [2.75, 3.05) is 59.5 Å². The Kier molecular flexibility index (Phi) is 13.3. The maximum atomic E-state index is 13.3. The van der Waals surface area contributed by atoms with E-state index in [2.05, 4.69) is 0 Å². The van der Waals surface area contributed by atoms with Gasteiger partial charge in [0.1, 0.15) is 22.8 Å². The van der Waals surface area contributed by atoms with E-state index in [1.54, 1.807) is 20.8 Å². The summed E-state index contributed by atoms with van der Waals surface area (Å²) in [5, 5.41) is 0. The van der Waals surface area contributed by atoms with Crippen molar-refractivity contribution in [2.45, 2.75) is 98.0 Å². The number of hydrogen-bond donors (Lipinski definition) is 0. The molecule has 0 saturated carbocycles. The van der Waals surface area contributed by atoms with Gasteiger partial charge in [0.25, 0.3) is 0 Å². The molecule has 0 N–H and O–H groups in total. The first-order chi connectivity index (χ1) is 17.8. The molecule has 1 aliphatic heterocycles. The van der Waals surface area contributed by atoms with Gasteiger partial charge in [-0.25, -0.2) is 0 Å². The highest BCUT2D eigenvalue weighted by molar-refractivity contribution is 5.78. The van der Waals surface area contributed by atoms with Crippen LogP contribution in [0.5, 0.6) is 0 Å². The first kappa shape index (κ1) is 34.8. The molecule has 0 aromatic heterocycles. The zero-order valence-electron chi connectivity index (χ0n) is 25.8. The molecule has 0 aliphatic carbocycles. The predicted octanol–water partition coefficient (Wildman–Crippen LogP) is 2.25. The molecule has 1 heterocycles. The first-order valence-corrected chi connectivity index (χ1v) is 13.7. The maximum absolute atomic E-state index is 13.3. The van der Waals surface area contributed by atoms with Gasteiger partial charge in [-0.3, -0.25) is 33.9 Å². The second-order valence-electron chi connectivity index (χ2n) is 12.9. The van der Waals surface area contributed by atoms with Crippen LogP contribution >= 0.6 is 0 Å². The Balaban J connectivity index is 3.20. The molecule has 1 saturated heterocycles. The summed E-state index contributed by atoms with van der Waals surface area (Å²) in [5.74, 6) is -1.53. The van der Waals surface area contributed by atoms with Crippen molar-refractivity contribution in [3.05, 3.63) is 0 Å². The second kappa shape index (κ2) is 14.9. The molecule has 39 heavy (non-hydrogen) atoms. The van der Waals surface area contributed by atoms with Crippen molar-refractivity contribution in [2.24, 2.45) is 0 Å². The average molecular weight is 558 g/mol. The van der Waals surface area contributed by atoms with Gasteiger partial charge in [0, 0.05) is 45.7 Å². The summed E-state index contributed by atoms with van der Waals surface area (Å²) < 4.78 is 21.6. The first-order valence-electron chi connectivity index (χ1n) is 13.7. The van der Waals surface area contributed by atoms with E-state index < -0.39 is 34.8 Å². The van der Waals surface area contributed by atoms with Crippen molar-refractivity contribution in [1.29, 1.82) is 0 Å². The van der Waals surface area contributed by atoms with Gasteiger partial charge < -0.3 is 18.9 Å². The molecule has 1 aliphatic rings. The van der Waals surface area contributed by atoms with Gasteiger partial charge in [0.15, 0.2) is 0 Å². The summed E-state index contributed by atoms with van der Waals surface area (Å²) in [7, 11) is 1.31. The summed E-state index contributed by atoms with van der Waals surface area (Å²) in [6.45, 7) is 19.4. The number of carbonyl (C=O) groups excluding carboxylic acids is 4. The summed E-state index contributed by atoms with van der Waals surface area (Å²) in [6.07, 6.45) is 0.278. The van der Waals surface area contributed by atoms with E-state index in [-0.39, 0.29) is 37.9 Å². The van der Waals surface area contributed by atoms with Crippen molar-refractivity contribution >= 4 is 23.9 Å². The van der Waals surface area contributed by atoms with Crippen LogP contribution < -0.4 is 0 Å². The van der Waals surface area contributed by atoms with Gasteiger partial charge >= 0.3 is 23.9 Å². The van der Waals surface area contributed by atoms with E-state index in [0.717, 1.165) is 0 Å². The minimum absolute atomic E-state index is 0.0557. The molecule has 0 amide bonds. The summed E-state index contributed by atoms with van der Waals surface area (Å²) in [5.41, 5.74) is -1.92. The van der Waals surface area contributed by atoms with Gasteiger partial charge in [0.05, 0.1) is 20.2 Å². The van der Waals surface area contributed by atoms with Crippen LogP contribution in [0.4, 0.5) is 0 Å². The third-order valence-electron chi connectivity index (χ3n) is 5.65. The number of rotatable bonds is 9. The molecule has 0 bridgehead atoms. The van der Waals surface area contributed by atoms with Crippen LogP contribution in [0.1, 0.15) is 75.2 Å². The summed E-state index contributed by atoms with van der Waals surface area (Å²) >= 11 is 0. The number of hydrogen-bond acceptors (Lipinski definition) is 11. The molecule has 1 atom stereocenters. The fourth-order valence-electron chi connectivity index (χ4n) is 4.07. The molecule has 0 aromatic rings. The van der Waals surface area contributed by atoms with Gasteiger partial charge in [-0.2, -0.15) is 0 Å². The largest absolute Gasteiger partial charge is 0.469 e. The number of ether oxygens (including phenoxy) is 4. The molecular formula is C28H51N3O8. The molecule has 1 fully saturated rings. The third kappa shape index (κ3) is 15.8. The van der Waals surface area contributed by atoms with Crippen LogP contribution in [0.25, 0.3) is 0 Å². The van der Waals surface area contributed by atoms with E-state index in [1.165, 1.54) is 7.11 Å². The molecular weight excluding hydrogens is 506 g/mol. The van der Waals surface area contributed by atoms with Crippen LogP contribution in [0.15, 0.2) is 0 Å². The number of esters is 4. The Morgan fingerprint density at radius 2 is 1.00 bits per heavy atom. The second-order valence-corrected chi connectivity index (χ2v) is 12.9. The Hall–Kier alpha value is -2.24. The Labute approximate surface area is 234 Å². The standard InChI is InChI=1S/C28H51N3O8/c1-26(2,3)37-23(33)19-29-13-14-30(20-24(34)38-27(4,5)6)16-18-31(17-15-29)21(11-12-22(32)36-10)25(35)39-28(7,8)9/h21H,11-20H2,1-10H3. The number of methoxy groups -OCH3 is 1. The van der Waals surface area contributed by atoms with E-state index in [4.69, 9.17) is 18.9 Å². The Bertz CT molecular complexity index is 784. The maximum Gasteiger partial charge on any atom is 0.323 e. The van der Waals surface area contributed by atoms with Gasteiger partial charge in [-0.1, -0.05) is 0 Å². The SMILES string of the molecule is COC(=O)CCC(C(=O)OC(C)(C)C)N1CCN(CC(=O)OC(C)(C)C)CCN(CC(=O)OC(C)(C)C)CC1. The number of carbonyl (C=O) groups is 4.